The predicted octanol–water partition coefficient (Wildman–Crippen LogP) is 5.73. The molecule has 19 heavy (non-hydrogen) atoms. The lowest BCUT2D eigenvalue weighted by atomic mass is 10.2. The molecule has 0 aliphatic heterocycles. The van der Waals surface area contributed by atoms with Crippen molar-refractivity contribution in [1.29, 1.82) is 0 Å². The van der Waals surface area contributed by atoms with Crippen LogP contribution in [0.25, 0.3) is 12.2 Å². The maximum atomic E-state index is 4.29. The van der Waals surface area contributed by atoms with Crippen LogP contribution in [0.3, 0.4) is 0 Å². The molecule has 0 amide bonds. The highest BCUT2D eigenvalue weighted by Gasteiger charge is 2.00. The Bertz CT molecular complexity index is 357. The van der Waals surface area contributed by atoms with E-state index in [2.05, 4.69) is 18.3 Å². The number of rotatable bonds is 3. The molecule has 0 bridgehead atoms. The van der Waals surface area contributed by atoms with Crippen LogP contribution in [-0.2, 0) is 7.05 Å². The lowest BCUT2D eigenvalue weighted by Gasteiger charge is -1.90. The molecule has 1 rings (SSSR count). The van der Waals surface area contributed by atoms with Gasteiger partial charge in [-0.25, -0.2) is 0 Å². The van der Waals surface area contributed by atoms with Gasteiger partial charge in [-0.3, -0.25) is 4.68 Å². The Morgan fingerprint density at radius 2 is 1.58 bits per heavy atom. The lowest BCUT2D eigenvalue weighted by molar-refractivity contribution is 0.764. The van der Waals surface area contributed by atoms with Gasteiger partial charge in [-0.05, 0) is 18.6 Å². The third-order valence-electron chi connectivity index (χ3n) is 1.79. The van der Waals surface area contributed by atoms with E-state index < -0.39 is 0 Å². The zero-order chi connectivity index (χ0) is 15.8. The van der Waals surface area contributed by atoms with Gasteiger partial charge in [0.25, 0.3) is 0 Å². The van der Waals surface area contributed by atoms with Crippen molar-refractivity contribution in [2.45, 2.75) is 48.5 Å². The standard InChI is InChI=1S/C11H14N2.3C2H6/c1-5-9(3)7-11-10(6-2)8-13(4)12-11;3*1-2/h5-8H,1-2H2,3-4H3;3*1-2H3/b9-7-;;;. The van der Waals surface area contributed by atoms with E-state index in [1.54, 1.807) is 10.8 Å². The van der Waals surface area contributed by atoms with Gasteiger partial charge in [-0.1, -0.05) is 66.9 Å². The molecular formula is C17H32N2. The molecule has 1 heterocycles. The van der Waals surface area contributed by atoms with Crippen LogP contribution >= 0.6 is 0 Å². The minimum atomic E-state index is 0.940. The minimum absolute atomic E-state index is 0.940. The van der Waals surface area contributed by atoms with Crippen LogP contribution in [0.4, 0.5) is 0 Å². The van der Waals surface area contributed by atoms with Gasteiger partial charge in [-0.2, -0.15) is 5.10 Å². The Hall–Kier alpha value is -1.57. The summed E-state index contributed by atoms with van der Waals surface area (Å²) < 4.78 is 1.78. The number of hydrogen-bond acceptors (Lipinski definition) is 1. The van der Waals surface area contributed by atoms with Crippen molar-refractivity contribution < 1.29 is 0 Å². The van der Waals surface area contributed by atoms with Crippen LogP contribution in [0.5, 0.6) is 0 Å². The third kappa shape index (κ3) is 10.1. The topological polar surface area (TPSA) is 17.8 Å². The average Bonchev–Trinajstić information content (AvgIpc) is 2.85. The number of allylic oxidation sites excluding steroid dienone is 2. The van der Waals surface area contributed by atoms with Crippen molar-refractivity contribution in [2.75, 3.05) is 0 Å². The SMILES string of the molecule is C=C/C(C)=C\c1nn(C)cc1C=C.CC.CC.CC. The van der Waals surface area contributed by atoms with E-state index in [1.165, 1.54) is 0 Å². The summed E-state index contributed by atoms with van der Waals surface area (Å²) in [5, 5.41) is 4.29. The quantitative estimate of drug-likeness (QED) is 0.637. The molecule has 0 fully saturated rings. The van der Waals surface area contributed by atoms with Crippen LogP contribution < -0.4 is 0 Å². The second kappa shape index (κ2) is 16.4. The first-order chi connectivity index (χ1) is 9.17. The molecule has 1 aromatic heterocycles. The molecule has 2 heteroatoms. The Kier molecular flexibility index (Phi) is 19.5. The highest BCUT2D eigenvalue weighted by molar-refractivity contribution is 5.63. The molecule has 2 nitrogen and oxygen atoms in total. The highest BCUT2D eigenvalue weighted by Crippen LogP contribution is 2.12. The number of hydrogen-bond donors (Lipinski definition) is 0. The highest BCUT2D eigenvalue weighted by atomic mass is 15.2. The Balaban J connectivity index is -0.000000375. The Morgan fingerprint density at radius 1 is 1.11 bits per heavy atom. The normalized spacial score (nSPS) is 8.74. The van der Waals surface area contributed by atoms with Gasteiger partial charge in [0.15, 0.2) is 0 Å². The van der Waals surface area contributed by atoms with E-state index >= 15 is 0 Å². The number of aryl methyl sites for hydroxylation is 1. The van der Waals surface area contributed by atoms with Gasteiger partial charge >= 0.3 is 0 Å². The van der Waals surface area contributed by atoms with E-state index in [0.717, 1.165) is 16.8 Å². The van der Waals surface area contributed by atoms with Crippen LogP contribution in [-0.4, -0.2) is 9.78 Å². The van der Waals surface area contributed by atoms with E-state index in [4.69, 9.17) is 0 Å². The van der Waals surface area contributed by atoms with Gasteiger partial charge in [-0.15, -0.1) is 0 Å². The average molecular weight is 264 g/mol. The predicted molar refractivity (Wildman–Crippen MR) is 91.2 cm³/mol. The summed E-state index contributed by atoms with van der Waals surface area (Å²) in [7, 11) is 1.90. The van der Waals surface area contributed by atoms with E-state index in [1.807, 2.05) is 73.9 Å². The fourth-order valence-electron chi connectivity index (χ4n) is 1.07. The van der Waals surface area contributed by atoms with Gasteiger partial charge < -0.3 is 0 Å². The molecule has 0 N–H and O–H groups in total. The van der Waals surface area contributed by atoms with Crippen molar-refractivity contribution in [2.24, 2.45) is 7.05 Å². The molecule has 1 aromatic rings. The first-order valence-electron chi connectivity index (χ1n) is 7.14. The van der Waals surface area contributed by atoms with Gasteiger partial charge in [0.1, 0.15) is 0 Å². The molecule has 0 atom stereocenters. The van der Waals surface area contributed by atoms with Crippen LogP contribution in [0.15, 0.2) is 31.0 Å². The largest absolute Gasteiger partial charge is 0.275 e. The molecule has 0 aliphatic carbocycles. The van der Waals surface area contributed by atoms with E-state index in [0.29, 0.717) is 0 Å². The van der Waals surface area contributed by atoms with Gasteiger partial charge in [0.2, 0.25) is 0 Å². The van der Waals surface area contributed by atoms with Crippen LogP contribution in [0.2, 0.25) is 0 Å². The van der Waals surface area contributed by atoms with Crippen molar-refractivity contribution in [1.82, 2.24) is 9.78 Å². The molecule has 110 valence electrons. The molecular weight excluding hydrogens is 232 g/mol. The molecule has 0 unspecified atom stereocenters. The van der Waals surface area contributed by atoms with E-state index in [9.17, 15) is 0 Å². The zero-order valence-electron chi connectivity index (χ0n) is 14.1. The first kappa shape index (κ1) is 22.6. The fourth-order valence-corrected chi connectivity index (χ4v) is 1.07. The third-order valence-corrected chi connectivity index (χ3v) is 1.79. The molecule has 0 saturated heterocycles. The van der Waals surface area contributed by atoms with Gasteiger partial charge in [0, 0.05) is 18.8 Å². The molecule has 0 radical (unpaired) electrons. The van der Waals surface area contributed by atoms with Crippen molar-refractivity contribution in [3.63, 3.8) is 0 Å². The maximum Gasteiger partial charge on any atom is 0.0925 e. The van der Waals surface area contributed by atoms with Crippen molar-refractivity contribution >= 4 is 12.2 Å². The molecule has 0 aromatic carbocycles. The zero-order valence-corrected chi connectivity index (χ0v) is 14.1. The van der Waals surface area contributed by atoms with E-state index in [-0.39, 0.29) is 0 Å². The second-order valence-corrected chi connectivity index (χ2v) is 2.94. The summed E-state index contributed by atoms with van der Waals surface area (Å²) >= 11 is 0. The number of aromatic nitrogens is 2. The number of nitrogens with zero attached hydrogens (tertiary/aromatic N) is 2. The minimum Gasteiger partial charge on any atom is -0.275 e. The van der Waals surface area contributed by atoms with Crippen LogP contribution in [0, 0.1) is 0 Å². The van der Waals surface area contributed by atoms with Crippen molar-refractivity contribution in [3.05, 3.63) is 42.3 Å². The second-order valence-electron chi connectivity index (χ2n) is 2.94. The molecule has 0 aliphatic rings. The summed E-state index contributed by atoms with van der Waals surface area (Å²) in [6, 6.07) is 0. The molecule has 0 spiro atoms. The van der Waals surface area contributed by atoms with Crippen LogP contribution in [0.1, 0.15) is 59.7 Å². The summed E-state index contributed by atoms with van der Waals surface area (Å²) in [5.41, 5.74) is 3.08. The fraction of sp³-hybridized carbons (Fsp3) is 0.471. The maximum absolute atomic E-state index is 4.29. The monoisotopic (exact) mass is 264 g/mol. The first-order valence-corrected chi connectivity index (χ1v) is 7.14. The summed E-state index contributed by atoms with van der Waals surface area (Å²) in [6.07, 6.45) is 7.54. The Labute approximate surface area is 120 Å². The van der Waals surface area contributed by atoms with Gasteiger partial charge in [0.05, 0.1) is 5.69 Å². The summed E-state index contributed by atoms with van der Waals surface area (Å²) in [6.45, 7) is 21.4. The molecule has 0 saturated carbocycles. The Morgan fingerprint density at radius 3 is 1.95 bits per heavy atom. The summed E-state index contributed by atoms with van der Waals surface area (Å²) in [5.74, 6) is 0. The van der Waals surface area contributed by atoms with Crippen molar-refractivity contribution in [3.8, 4) is 0 Å². The summed E-state index contributed by atoms with van der Waals surface area (Å²) in [4.78, 5) is 0. The smallest absolute Gasteiger partial charge is 0.0925 e. The lowest BCUT2D eigenvalue weighted by Crippen LogP contribution is -1.87.